The van der Waals surface area contributed by atoms with Gasteiger partial charge < -0.3 is 29.0 Å². The van der Waals surface area contributed by atoms with Crippen LogP contribution in [-0.2, 0) is 23.7 Å². The Bertz CT molecular complexity index is 537. The highest BCUT2D eigenvalue weighted by atomic mass is 16.6. The van der Waals surface area contributed by atoms with Gasteiger partial charge in [-0.05, 0) is 37.1 Å². The van der Waals surface area contributed by atoms with Gasteiger partial charge in [0, 0.05) is 18.8 Å². The first-order valence-corrected chi connectivity index (χ1v) is 11.6. The first-order chi connectivity index (χ1) is 15.3. The molecule has 0 aliphatic carbocycles. The predicted octanol–water partition coefficient (Wildman–Crippen LogP) is 4.31. The summed E-state index contributed by atoms with van der Waals surface area (Å²) in [4.78, 5) is 12.0. The van der Waals surface area contributed by atoms with Gasteiger partial charge in [-0.2, -0.15) is 0 Å². The number of hydrogen-bond donors (Lipinski definition) is 1. The molecule has 7 nitrogen and oxygen atoms in total. The molecule has 0 heterocycles. The SMILES string of the molecule is CCCCCOCCOCCOCCOCCOC(=O)c1ccc(NCCCC)cc1. The molecule has 0 atom stereocenters. The van der Waals surface area contributed by atoms with Crippen LogP contribution in [0.3, 0.4) is 0 Å². The Balaban J connectivity index is 1.89. The monoisotopic (exact) mass is 439 g/mol. The lowest BCUT2D eigenvalue weighted by Gasteiger charge is -2.09. The molecule has 1 aromatic carbocycles. The zero-order valence-corrected chi connectivity index (χ0v) is 19.4. The van der Waals surface area contributed by atoms with Crippen molar-refractivity contribution >= 4 is 11.7 Å². The molecule has 178 valence electrons. The largest absolute Gasteiger partial charge is 0.460 e. The van der Waals surface area contributed by atoms with Crippen LogP contribution < -0.4 is 5.32 Å². The van der Waals surface area contributed by atoms with Crippen LogP contribution in [-0.4, -0.2) is 72.0 Å². The first-order valence-electron chi connectivity index (χ1n) is 11.6. The van der Waals surface area contributed by atoms with Crippen LogP contribution in [0.25, 0.3) is 0 Å². The van der Waals surface area contributed by atoms with Crippen LogP contribution in [0, 0.1) is 0 Å². The van der Waals surface area contributed by atoms with Crippen molar-refractivity contribution in [3.05, 3.63) is 29.8 Å². The fraction of sp³-hybridized carbons (Fsp3) is 0.708. The Labute approximate surface area is 187 Å². The lowest BCUT2D eigenvalue weighted by Crippen LogP contribution is -2.14. The molecule has 0 unspecified atom stereocenters. The highest BCUT2D eigenvalue weighted by Crippen LogP contribution is 2.10. The number of anilines is 1. The van der Waals surface area contributed by atoms with Crippen molar-refractivity contribution < 1.29 is 28.5 Å². The number of benzene rings is 1. The van der Waals surface area contributed by atoms with Gasteiger partial charge in [0.2, 0.25) is 0 Å². The number of ether oxygens (including phenoxy) is 5. The number of rotatable bonds is 21. The maximum atomic E-state index is 12.0. The lowest BCUT2D eigenvalue weighted by molar-refractivity contribution is -0.00912. The quantitative estimate of drug-likeness (QED) is 0.226. The van der Waals surface area contributed by atoms with E-state index in [1.54, 1.807) is 12.1 Å². The molecule has 1 N–H and O–H groups in total. The fourth-order valence-electron chi connectivity index (χ4n) is 2.63. The van der Waals surface area contributed by atoms with Gasteiger partial charge in [0.1, 0.15) is 6.61 Å². The summed E-state index contributed by atoms with van der Waals surface area (Å²) in [7, 11) is 0. The molecule has 7 heteroatoms. The van der Waals surface area contributed by atoms with Crippen molar-refractivity contribution in [2.24, 2.45) is 0 Å². The Morgan fingerprint density at radius 1 is 0.677 bits per heavy atom. The van der Waals surface area contributed by atoms with Gasteiger partial charge in [-0.15, -0.1) is 0 Å². The van der Waals surface area contributed by atoms with Crippen molar-refractivity contribution in [3.63, 3.8) is 0 Å². The Hall–Kier alpha value is -1.67. The second kappa shape index (κ2) is 20.2. The van der Waals surface area contributed by atoms with E-state index in [0.29, 0.717) is 51.8 Å². The van der Waals surface area contributed by atoms with Crippen LogP contribution in [0.4, 0.5) is 5.69 Å². The van der Waals surface area contributed by atoms with Crippen molar-refractivity contribution in [2.75, 3.05) is 71.3 Å². The molecule has 1 rings (SSSR count). The van der Waals surface area contributed by atoms with Crippen molar-refractivity contribution in [1.29, 1.82) is 0 Å². The number of unbranched alkanes of at least 4 members (excludes halogenated alkanes) is 3. The maximum Gasteiger partial charge on any atom is 0.338 e. The van der Waals surface area contributed by atoms with Crippen LogP contribution in [0.1, 0.15) is 56.3 Å². The summed E-state index contributed by atoms with van der Waals surface area (Å²) in [6, 6.07) is 7.33. The summed E-state index contributed by atoms with van der Waals surface area (Å²) >= 11 is 0. The highest BCUT2D eigenvalue weighted by molar-refractivity contribution is 5.89. The summed E-state index contributed by atoms with van der Waals surface area (Å²) in [5, 5.41) is 3.32. The summed E-state index contributed by atoms with van der Waals surface area (Å²) in [6.45, 7) is 9.87. The maximum absolute atomic E-state index is 12.0. The molecule has 1 aromatic rings. The normalized spacial score (nSPS) is 10.9. The van der Waals surface area contributed by atoms with Crippen molar-refractivity contribution in [3.8, 4) is 0 Å². The Morgan fingerprint density at radius 2 is 1.19 bits per heavy atom. The minimum Gasteiger partial charge on any atom is -0.460 e. The van der Waals surface area contributed by atoms with Crippen molar-refractivity contribution in [2.45, 2.75) is 46.0 Å². The van der Waals surface area contributed by atoms with Gasteiger partial charge >= 0.3 is 5.97 Å². The van der Waals surface area contributed by atoms with Crippen LogP contribution in [0.5, 0.6) is 0 Å². The van der Waals surface area contributed by atoms with E-state index in [1.807, 2.05) is 12.1 Å². The lowest BCUT2D eigenvalue weighted by atomic mass is 10.2. The molecule has 0 aromatic heterocycles. The minimum absolute atomic E-state index is 0.219. The van der Waals surface area contributed by atoms with Crippen molar-refractivity contribution in [1.82, 2.24) is 0 Å². The molecule has 0 aliphatic heterocycles. The number of nitrogens with one attached hydrogen (secondary N) is 1. The van der Waals surface area contributed by atoms with E-state index in [9.17, 15) is 4.79 Å². The number of carbonyl (C=O) groups is 1. The summed E-state index contributed by atoms with van der Waals surface area (Å²) < 4.78 is 27.0. The summed E-state index contributed by atoms with van der Waals surface area (Å²) in [5.41, 5.74) is 1.55. The first kappa shape index (κ1) is 27.4. The molecule has 0 saturated heterocycles. The average molecular weight is 440 g/mol. The third-order valence-corrected chi connectivity index (χ3v) is 4.45. The molecular weight excluding hydrogens is 398 g/mol. The van der Waals surface area contributed by atoms with E-state index in [0.717, 1.165) is 38.1 Å². The van der Waals surface area contributed by atoms with Crippen LogP contribution in [0.15, 0.2) is 24.3 Å². The van der Waals surface area contributed by atoms with Crippen LogP contribution in [0.2, 0.25) is 0 Å². The van der Waals surface area contributed by atoms with Gasteiger partial charge in [0.25, 0.3) is 0 Å². The van der Waals surface area contributed by atoms with E-state index in [1.165, 1.54) is 12.8 Å². The van der Waals surface area contributed by atoms with Gasteiger partial charge in [0.15, 0.2) is 0 Å². The predicted molar refractivity (Wildman–Crippen MR) is 123 cm³/mol. The third kappa shape index (κ3) is 15.7. The topological polar surface area (TPSA) is 75.2 Å². The van der Waals surface area contributed by atoms with Crippen LogP contribution >= 0.6 is 0 Å². The molecule has 0 saturated carbocycles. The molecule has 0 fully saturated rings. The smallest absolute Gasteiger partial charge is 0.338 e. The van der Waals surface area contributed by atoms with E-state index >= 15 is 0 Å². The number of carbonyl (C=O) groups excluding carboxylic acids is 1. The third-order valence-electron chi connectivity index (χ3n) is 4.45. The molecule has 31 heavy (non-hydrogen) atoms. The van der Waals surface area contributed by atoms with E-state index in [4.69, 9.17) is 23.7 Å². The minimum atomic E-state index is -0.341. The number of esters is 1. The van der Waals surface area contributed by atoms with E-state index in [-0.39, 0.29) is 12.6 Å². The fourth-order valence-corrected chi connectivity index (χ4v) is 2.63. The second-order valence-electron chi connectivity index (χ2n) is 7.15. The molecular formula is C24H41NO6. The van der Waals surface area contributed by atoms with Gasteiger partial charge in [-0.1, -0.05) is 33.1 Å². The molecule has 0 spiro atoms. The van der Waals surface area contributed by atoms with E-state index < -0.39 is 0 Å². The zero-order valence-electron chi connectivity index (χ0n) is 19.4. The summed E-state index contributed by atoms with van der Waals surface area (Å²) in [6.07, 6.45) is 5.80. The van der Waals surface area contributed by atoms with E-state index in [2.05, 4.69) is 19.2 Å². The Kier molecular flexibility index (Phi) is 17.9. The highest BCUT2D eigenvalue weighted by Gasteiger charge is 2.06. The summed E-state index contributed by atoms with van der Waals surface area (Å²) in [5.74, 6) is -0.341. The molecule has 0 aliphatic rings. The zero-order chi connectivity index (χ0) is 22.4. The molecule has 0 bridgehead atoms. The van der Waals surface area contributed by atoms with Gasteiger partial charge in [0.05, 0.1) is 51.8 Å². The second-order valence-corrected chi connectivity index (χ2v) is 7.15. The van der Waals surface area contributed by atoms with Gasteiger partial charge in [-0.25, -0.2) is 4.79 Å². The standard InChI is InChI=1S/C24H41NO6/c1-3-5-7-13-27-14-15-28-16-17-29-18-19-30-20-21-31-24(26)22-8-10-23(11-9-22)25-12-6-4-2/h8-11,25H,3-7,12-21H2,1-2H3. The average Bonchev–Trinajstić information content (AvgIpc) is 2.79. The number of hydrogen-bond acceptors (Lipinski definition) is 7. The van der Waals surface area contributed by atoms with Gasteiger partial charge in [-0.3, -0.25) is 0 Å². The Morgan fingerprint density at radius 3 is 1.74 bits per heavy atom. The molecule has 0 amide bonds. The molecule has 0 radical (unpaired) electrons.